The number of hydrogen-bond acceptors (Lipinski definition) is 4. The quantitative estimate of drug-likeness (QED) is 0.811. The highest BCUT2D eigenvalue weighted by atomic mass is 32.2. The lowest BCUT2D eigenvalue weighted by atomic mass is 10.1. The van der Waals surface area contributed by atoms with E-state index in [-0.39, 0.29) is 30.8 Å². The molecule has 2 aliphatic rings. The summed E-state index contributed by atoms with van der Waals surface area (Å²) in [5, 5.41) is 0. The van der Waals surface area contributed by atoms with E-state index in [4.69, 9.17) is 4.74 Å². The van der Waals surface area contributed by atoms with Gasteiger partial charge < -0.3 is 14.5 Å². The Bertz CT molecular complexity index is 906. The zero-order valence-electron chi connectivity index (χ0n) is 14.9. The normalized spacial score (nSPS) is 21.2. The maximum atomic E-state index is 13.6. The lowest BCUT2D eigenvalue weighted by Crippen LogP contribution is -2.51. The van der Waals surface area contributed by atoms with Gasteiger partial charge in [0.05, 0.1) is 12.2 Å². The Morgan fingerprint density at radius 1 is 1.26 bits per heavy atom. The predicted octanol–water partition coefficient (Wildman–Crippen LogP) is 2.75. The number of hydrogen-bond donors (Lipinski definition) is 0. The van der Waals surface area contributed by atoms with Crippen LogP contribution in [0.1, 0.15) is 11.1 Å². The van der Waals surface area contributed by atoms with Crippen LogP contribution < -0.4 is 4.90 Å². The van der Waals surface area contributed by atoms with Crippen molar-refractivity contribution in [3.63, 3.8) is 0 Å². The van der Waals surface area contributed by atoms with Crippen LogP contribution in [0.3, 0.4) is 0 Å². The van der Waals surface area contributed by atoms with Crippen molar-refractivity contribution < 1.29 is 18.7 Å². The summed E-state index contributed by atoms with van der Waals surface area (Å²) in [4.78, 5) is 28.4. The van der Waals surface area contributed by atoms with Gasteiger partial charge in [0.25, 0.3) is 5.91 Å². The first kappa shape index (κ1) is 18.0. The number of carbonyl (C=O) groups is 2. The largest absolute Gasteiger partial charge is 0.375 e. The molecule has 4 rings (SSSR count). The van der Waals surface area contributed by atoms with Crippen molar-refractivity contribution in [1.29, 1.82) is 0 Å². The van der Waals surface area contributed by atoms with Gasteiger partial charge in [-0.2, -0.15) is 0 Å². The van der Waals surface area contributed by atoms with Crippen LogP contribution in [0.25, 0.3) is 0 Å². The number of carbonyl (C=O) groups excluding carboxylic acids is 2. The molecule has 1 unspecified atom stereocenters. The van der Waals surface area contributed by atoms with E-state index in [9.17, 15) is 14.0 Å². The molecule has 0 aromatic heterocycles. The highest BCUT2D eigenvalue weighted by molar-refractivity contribution is 8.01. The van der Waals surface area contributed by atoms with Gasteiger partial charge in [-0.3, -0.25) is 9.59 Å². The van der Waals surface area contributed by atoms with E-state index in [0.29, 0.717) is 17.9 Å². The third-order valence-electron chi connectivity index (χ3n) is 4.90. The van der Waals surface area contributed by atoms with Crippen molar-refractivity contribution in [3.8, 4) is 0 Å². The van der Waals surface area contributed by atoms with E-state index in [2.05, 4.69) is 0 Å². The average molecular weight is 386 g/mol. The van der Waals surface area contributed by atoms with Gasteiger partial charge in [0, 0.05) is 25.0 Å². The van der Waals surface area contributed by atoms with Gasteiger partial charge in [-0.1, -0.05) is 30.3 Å². The van der Waals surface area contributed by atoms with E-state index in [1.165, 1.54) is 31.0 Å². The van der Waals surface area contributed by atoms with Crippen molar-refractivity contribution in [1.82, 2.24) is 4.90 Å². The molecule has 140 valence electrons. The zero-order chi connectivity index (χ0) is 19.0. The topological polar surface area (TPSA) is 49.9 Å². The fourth-order valence-electron chi connectivity index (χ4n) is 3.80. The number of rotatable bonds is 4. The van der Waals surface area contributed by atoms with Crippen LogP contribution in [0, 0.1) is 5.82 Å². The molecule has 2 aromatic rings. The third kappa shape index (κ3) is 2.82. The molecule has 0 radical (unpaired) electrons. The summed E-state index contributed by atoms with van der Waals surface area (Å²) in [6.07, 6.45) is 0. The lowest BCUT2D eigenvalue weighted by Gasteiger charge is -2.33. The van der Waals surface area contributed by atoms with Gasteiger partial charge in [0.2, 0.25) is 5.91 Å². The SMILES string of the molecule is COCC(=O)N1CCSC12C(=O)N(Cc1cccc(F)c1)c1ccccc12. The van der Waals surface area contributed by atoms with E-state index < -0.39 is 4.87 Å². The molecule has 1 spiro atoms. The molecule has 7 heteroatoms. The van der Waals surface area contributed by atoms with Gasteiger partial charge in [-0.25, -0.2) is 4.39 Å². The smallest absolute Gasteiger partial charge is 0.268 e. The van der Waals surface area contributed by atoms with Gasteiger partial charge >= 0.3 is 0 Å². The molecule has 2 aliphatic heterocycles. The maximum Gasteiger partial charge on any atom is 0.268 e. The van der Waals surface area contributed by atoms with Gasteiger partial charge in [-0.15, -0.1) is 11.8 Å². The summed E-state index contributed by atoms with van der Waals surface area (Å²) in [6, 6.07) is 13.7. The standard InChI is InChI=1S/C20H19FN2O3S/c1-26-13-18(24)23-9-10-27-20(23)16-7-2-3-8-17(16)22(19(20)25)12-14-5-4-6-15(21)11-14/h2-8,11H,9-10,12-13H2,1H3. The molecule has 2 heterocycles. The van der Waals surface area contributed by atoms with E-state index in [1.807, 2.05) is 24.3 Å². The predicted molar refractivity (Wildman–Crippen MR) is 102 cm³/mol. The highest BCUT2D eigenvalue weighted by Gasteiger charge is 2.59. The summed E-state index contributed by atoms with van der Waals surface area (Å²) in [5.74, 6) is -0.0453. The number of anilines is 1. The number of amides is 2. The van der Waals surface area contributed by atoms with Crippen LogP contribution in [0.2, 0.25) is 0 Å². The fraction of sp³-hybridized carbons (Fsp3) is 0.300. The van der Waals surface area contributed by atoms with Gasteiger partial charge in [0.1, 0.15) is 12.4 Å². The first-order valence-corrected chi connectivity index (χ1v) is 9.66. The first-order valence-electron chi connectivity index (χ1n) is 8.67. The molecule has 1 atom stereocenters. The summed E-state index contributed by atoms with van der Waals surface area (Å²) >= 11 is 1.47. The second-order valence-electron chi connectivity index (χ2n) is 6.51. The minimum atomic E-state index is -1.07. The number of para-hydroxylation sites is 1. The van der Waals surface area contributed by atoms with Crippen molar-refractivity contribution in [2.24, 2.45) is 0 Å². The van der Waals surface area contributed by atoms with Crippen molar-refractivity contribution in [2.45, 2.75) is 11.4 Å². The van der Waals surface area contributed by atoms with Crippen molar-refractivity contribution in [3.05, 3.63) is 65.5 Å². The Morgan fingerprint density at radius 2 is 2.07 bits per heavy atom. The van der Waals surface area contributed by atoms with Crippen LogP contribution in [-0.4, -0.2) is 42.7 Å². The molecule has 5 nitrogen and oxygen atoms in total. The molecular formula is C20H19FN2O3S. The van der Waals surface area contributed by atoms with E-state index >= 15 is 0 Å². The molecule has 0 bridgehead atoms. The van der Waals surface area contributed by atoms with Crippen LogP contribution in [0.5, 0.6) is 0 Å². The zero-order valence-corrected chi connectivity index (χ0v) is 15.7. The minimum absolute atomic E-state index is 0.0678. The lowest BCUT2D eigenvalue weighted by molar-refractivity contribution is -0.143. The third-order valence-corrected chi connectivity index (χ3v) is 6.32. The molecule has 1 saturated heterocycles. The van der Waals surface area contributed by atoms with Crippen molar-refractivity contribution >= 4 is 29.3 Å². The van der Waals surface area contributed by atoms with Gasteiger partial charge in [-0.05, 0) is 23.8 Å². The number of benzene rings is 2. The summed E-state index contributed by atoms with van der Waals surface area (Å²) in [7, 11) is 1.47. The molecule has 0 N–H and O–H groups in total. The van der Waals surface area contributed by atoms with Crippen LogP contribution in [0.4, 0.5) is 10.1 Å². The van der Waals surface area contributed by atoms with Crippen LogP contribution in [0.15, 0.2) is 48.5 Å². The monoisotopic (exact) mass is 386 g/mol. The number of nitrogens with zero attached hydrogens (tertiary/aromatic N) is 2. The number of halogens is 1. The summed E-state index contributed by atoms with van der Waals surface area (Å²) in [5.41, 5.74) is 2.27. The summed E-state index contributed by atoms with van der Waals surface area (Å²) < 4.78 is 18.6. The number of fused-ring (bicyclic) bond motifs is 2. The summed E-state index contributed by atoms with van der Waals surface area (Å²) in [6.45, 7) is 0.671. The van der Waals surface area contributed by atoms with Crippen molar-refractivity contribution in [2.75, 3.05) is 30.9 Å². The number of methoxy groups -OCH3 is 1. The number of thioether (sulfide) groups is 1. The molecule has 1 fully saturated rings. The Balaban J connectivity index is 1.77. The molecule has 27 heavy (non-hydrogen) atoms. The highest BCUT2D eigenvalue weighted by Crippen LogP contribution is 2.54. The van der Waals surface area contributed by atoms with Gasteiger partial charge in [0.15, 0.2) is 4.87 Å². The average Bonchev–Trinajstić information content (AvgIpc) is 3.20. The second kappa shape index (κ2) is 6.98. The Morgan fingerprint density at radius 3 is 2.85 bits per heavy atom. The minimum Gasteiger partial charge on any atom is -0.375 e. The first-order chi connectivity index (χ1) is 13.1. The molecule has 2 amide bonds. The molecular weight excluding hydrogens is 367 g/mol. The molecule has 0 saturated carbocycles. The van der Waals surface area contributed by atoms with Crippen LogP contribution >= 0.6 is 11.8 Å². The fourth-order valence-corrected chi connectivity index (χ4v) is 5.28. The Kier molecular flexibility index (Phi) is 4.65. The molecule has 0 aliphatic carbocycles. The van der Waals surface area contributed by atoms with E-state index in [0.717, 1.165) is 11.3 Å². The number of ether oxygens (including phenoxy) is 1. The molecule has 2 aromatic carbocycles. The Labute approximate surface area is 161 Å². The van der Waals surface area contributed by atoms with E-state index in [1.54, 1.807) is 21.9 Å². The van der Waals surface area contributed by atoms with Crippen LogP contribution in [-0.2, 0) is 25.7 Å². The Hall–Kier alpha value is -2.38. The second-order valence-corrected chi connectivity index (χ2v) is 7.80. The maximum absolute atomic E-state index is 13.6.